The smallest absolute Gasteiger partial charge is 0.322 e. The van der Waals surface area contributed by atoms with E-state index < -0.39 is 0 Å². The molecule has 0 aliphatic carbocycles. The van der Waals surface area contributed by atoms with Crippen LogP contribution in [-0.4, -0.2) is 25.7 Å². The Labute approximate surface area is 86.2 Å². The fraction of sp³-hybridized carbons (Fsp3) is 0.909. The molecule has 1 fully saturated rings. The highest BCUT2D eigenvalue weighted by atomic mass is 16.5. The van der Waals surface area contributed by atoms with E-state index in [2.05, 4.69) is 26.1 Å². The lowest BCUT2D eigenvalue weighted by Gasteiger charge is -2.37. The minimum atomic E-state index is -0.126. The summed E-state index contributed by atoms with van der Waals surface area (Å²) in [5.41, 5.74) is 0.286. The van der Waals surface area contributed by atoms with Crippen LogP contribution in [0.3, 0.4) is 0 Å². The van der Waals surface area contributed by atoms with Crippen LogP contribution in [0.25, 0.3) is 0 Å². The average Bonchev–Trinajstić information content (AvgIpc) is 2.15. The van der Waals surface area contributed by atoms with Gasteiger partial charge in [0.05, 0.1) is 7.11 Å². The van der Waals surface area contributed by atoms with E-state index in [0.29, 0.717) is 5.92 Å². The molecule has 82 valence electrons. The van der Waals surface area contributed by atoms with E-state index in [9.17, 15) is 4.79 Å². The van der Waals surface area contributed by atoms with Gasteiger partial charge in [-0.15, -0.1) is 0 Å². The van der Waals surface area contributed by atoms with Gasteiger partial charge in [-0.2, -0.15) is 0 Å². The van der Waals surface area contributed by atoms with Crippen LogP contribution >= 0.6 is 0 Å². The summed E-state index contributed by atoms with van der Waals surface area (Å²) in [6.07, 6.45) is 2.05. The zero-order valence-electron chi connectivity index (χ0n) is 9.59. The molecular formula is C11H21NO2. The standard InChI is InChI=1S/C11H21NO2/c1-11(2,3)8-5-6-12-9(7-8)10(13)14-4/h8-9,12H,5-7H2,1-4H3/t8-,9+/m0/s1. The zero-order valence-corrected chi connectivity index (χ0v) is 9.59. The van der Waals surface area contributed by atoms with Crippen LogP contribution in [-0.2, 0) is 9.53 Å². The van der Waals surface area contributed by atoms with Crippen molar-refractivity contribution in [2.45, 2.75) is 39.7 Å². The van der Waals surface area contributed by atoms with E-state index in [1.807, 2.05) is 0 Å². The van der Waals surface area contributed by atoms with Crippen LogP contribution in [0.4, 0.5) is 0 Å². The lowest BCUT2D eigenvalue weighted by molar-refractivity contribution is -0.144. The Bertz CT molecular complexity index is 208. The molecular weight excluding hydrogens is 178 g/mol. The third-order valence-corrected chi connectivity index (χ3v) is 3.11. The first-order chi connectivity index (χ1) is 6.45. The number of carbonyl (C=O) groups is 1. The number of ether oxygens (including phenoxy) is 1. The number of piperidine rings is 1. The van der Waals surface area contributed by atoms with Gasteiger partial charge in [-0.05, 0) is 30.7 Å². The molecule has 0 aromatic rings. The minimum Gasteiger partial charge on any atom is -0.468 e. The second-order valence-electron chi connectivity index (χ2n) is 5.12. The molecule has 0 aromatic heterocycles. The SMILES string of the molecule is COC(=O)[C@H]1C[C@@H](C(C)(C)C)CCN1. The maximum absolute atomic E-state index is 11.4. The first-order valence-corrected chi connectivity index (χ1v) is 5.26. The lowest BCUT2D eigenvalue weighted by Crippen LogP contribution is -2.46. The number of hydrogen-bond acceptors (Lipinski definition) is 3. The van der Waals surface area contributed by atoms with Crippen molar-refractivity contribution in [3.05, 3.63) is 0 Å². The molecule has 14 heavy (non-hydrogen) atoms. The van der Waals surface area contributed by atoms with Crippen molar-refractivity contribution in [2.24, 2.45) is 11.3 Å². The highest BCUT2D eigenvalue weighted by Gasteiger charge is 2.33. The number of esters is 1. The largest absolute Gasteiger partial charge is 0.468 e. The highest BCUT2D eigenvalue weighted by Crippen LogP contribution is 2.34. The molecule has 0 spiro atoms. The molecule has 2 atom stereocenters. The third-order valence-electron chi connectivity index (χ3n) is 3.11. The normalized spacial score (nSPS) is 28.6. The van der Waals surface area contributed by atoms with E-state index in [-0.39, 0.29) is 17.4 Å². The monoisotopic (exact) mass is 199 g/mol. The summed E-state index contributed by atoms with van der Waals surface area (Å²) in [6, 6.07) is -0.0991. The number of rotatable bonds is 1. The van der Waals surface area contributed by atoms with Crippen LogP contribution in [0.15, 0.2) is 0 Å². The van der Waals surface area contributed by atoms with E-state index in [4.69, 9.17) is 4.74 Å². The maximum Gasteiger partial charge on any atom is 0.322 e. The van der Waals surface area contributed by atoms with Gasteiger partial charge < -0.3 is 10.1 Å². The Morgan fingerprint density at radius 3 is 2.57 bits per heavy atom. The molecule has 1 aliphatic heterocycles. The molecule has 0 unspecified atom stereocenters. The number of nitrogens with one attached hydrogen (secondary N) is 1. The van der Waals surface area contributed by atoms with E-state index in [1.54, 1.807) is 0 Å². The van der Waals surface area contributed by atoms with Crippen LogP contribution in [0.5, 0.6) is 0 Å². The Morgan fingerprint density at radius 1 is 1.43 bits per heavy atom. The Kier molecular flexibility index (Phi) is 3.53. The summed E-state index contributed by atoms with van der Waals surface area (Å²) in [5.74, 6) is 0.479. The second-order valence-corrected chi connectivity index (χ2v) is 5.12. The van der Waals surface area contributed by atoms with Crippen molar-refractivity contribution >= 4 is 5.97 Å². The minimum absolute atomic E-state index is 0.0991. The number of carbonyl (C=O) groups excluding carboxylic acids is 1. The van der Waals surface area contributed by atoms with Crippen LogP contribution in [0, 0.1) is 11.3 Å². The van der Waals surface area contributed by atoms with Gasteiger partial charge in [0.15, 0.2) is 0 Å². The average molecular weight is 199 g/mol. The maximum atomic E-state index is 11.4. The van der Waals surface area contributed by atoms with E-state index >= 15 is 0 Å². The van der Waals surface area contributed by atoms with Gasteiger partial charge in [0, 0.05) is 0 Å². The van der Waals surface area contributed by atoms with Crippen molar-refractivity contribution in [1.29, 1.82) is 0 Å². The van der Waals surface area contributed by atoms with Crippen molar-refractivity contribution < 1.29 is 9.53 Å². The number of hydrogen-bond donors (Lipinski definition) is 1. The summed E-state index contributed by atoms with van der Waals surface area (Å²) in [4.78, 5) is 11.4. The molecule has 3 nitrogen and oxygen atoms in total. The highest BCUT2D eigenvalue weighted by molar-refractivity contribution is 5.75. The molecule has 1 heterocycles. The number of methoxy groups -OCH3 is 1. The molecule has 1 saturated heterocycles. The molecule has 0 bridgehead atoms. The second kappa shape index (κ2) is 4.30. The fourth-order valence-corrected chi connectivity index (χ4v) is 2.03. The molecule has 0 radical (unpaired) electrons. The molecule has 3 heteroatoms. The van der Waals surface area contributed by atoms with Gasteiger partial charge in [-0.25, -0.2) is 0 Å². The first-order valence-electron chi connectivity index (χ1n) is 5.26. The molecule has 0 aromatic carbocycles. The quantitative estimate of drug-likeness (QED) is 0.651. The summed E-state index contributed by atoms with van der Waals surface area (Å²) >= 11 is 0. The molecule has 1 aliphatic rings. The van der Waals surface area contributed by atoms with Gasteiger partial charge in [-0.3, -0.25) is 4.79 Å². The van der Waals surface area contributed by atoms with Crippen LogP contribution in [0.1, 0.15) is 33.6 Å². The fourth-order valence-electron chi connectivity index (χ4n) is 2.03. The summed E-state index contributed by atoms with van der Waals surface area (Å²) in [6.45, 7) is 7.62. The molecule has 1 N–H and O–H groups in total. The van der Waals surface area contributed by atoms with Gasteiger partial charge in [0.25, 0.3) is 0 Å². The van der Waals surface area contributed by atoms with Crippen LogP contribution < -0.4 is 5.32 Å². The van der Waals surface area contributed by atoms with Gasteiger partial charge in [-0.1, -0.05) is 20.8 Å². The summed E-state index contributed by atoms with van der Waals surface area (Å²) < 4.78 is 4.75. The lowest BCUT2D eigenvalue weighted by atomic mass is 9.74. The first kappa shape index (κ1) is 11.5. The van der Waals surface area contributed by atoms with Crippen molar-refractivity contribution in [3.63, 3.8) is 0 Å². The van der Waals surface area contributed by atoms with Crippen LogP contribution in [0.2, 0.25) is 0 Å². The Hall–Kier alpha value is -0.570. The third kappa shape index (κ3) is 2.71. The van der Waals surface area contributed by atoms with E-state index in [1.165, 1.54) is 7.11 Å². The zero-order chi connectivity index (χ0) is 10.8. The van der Waals surface area contributed by atoms with Gasteiger partial charge >= 0.3 is 5.97 Å². The van der Waals surface area contributed by atoms with Gasteiger partial charge in [0.2, 0.25) is 0 Å². The molecule has 0 saturated carbocycles. The van der Waals surface area contributed by atoms with Gasteiger partial charge in [0.1, 0.15) is 6.04 Å². The Morgan fingerprint density at radius 2 is 2.07 bits per heavy atom. The molecule has 1 rings (SSSR count). The predicted molar refractivity (Wildman–Crippen MR) is 56.0 cm³/mol. The van der Waals surface area contributed by atoms with Crippen molar-refractivity contribution in [3.8, 4) is 0 Å². The Balaban J connectivity index is 2.56. The van der Waals surface area contributed by atoms with Crippen molar-refractivity contribution in [1.82, 2.24) is 5.32 Å². The molecule has 0 amide bonds. The summed E-state index contributed by atoms with van der Waals surface area (Å²) in [7, 11) is 1.45. The topological polar surface area (TPSA) is 38.3 Å². The van der Waals surface area contributed by atoms with Crippen molar-refractivity contribution in [2.75, 3.05) is 13.7 Å². The van der Waals surface area contributed by atoms with E-state index in [0.717, 1.165) is 19.4 Å². The summed E-state index contributed by atoms with van der Waals surface area (Å²) in [5, 5.41) is 3.20. The predicted octanol–water partition coefficient (Wildman–Crippen LogP) is 1.57.